The first-order chi connectivity index (χ1) is 15.7. The number of carbonyl (C=O) groups is 1. The van der Waals surface area contributed by atoms with Gasteiger partial charge in [0.25, 0.3) is 5.91 Å². The number of carbonyl (C=O) groups excluding carboxylic acids is 1. The van der Waals surface area contributed by atoms with Crippen LogP contribution in [0.4, 0.5) is 0 Å². The molecule has 0 aliphatic carbocycles. The van der Waals surface area contributed by atoms with Gasteiger partial charge < -0.3 is 24.1 Å². The molecule has 4 rings (SSSR count). The molecule has 2 aromatic carbocycles. The van der Waals surface area contributed by atoms with Gasteiger partial charge in [-0.1, -0.05) is 17.3 Å². The quantitative estimate of drug-likeness (QED) is 0.573. The van der Waals surface area contributed by atoms with Crippen molar-refractivity contribution in [2.45, 2.75) is 13.1 Å². The number of nitrogens with zero attached hydrogens (tertiary/aromatic N) is 3. The van der Waals surface area contributed by atoms with Crippen molar-refractivity contribution in [1.82, 2.24) is 20.4 Å². The molecule has 1 saturated heterocycles. The summed E-state index contributed by atoms with van der Waals surface area (Å²) in [7, 11) is 3.15. The van der Waals surface area contributed by atoms with Crippen molar-refractivity contribution < 1.29 is 23.5 Å². The molecule has 0 saturated carbocycles. The molecule has 9 nitrogen and oxygen atoms in total. The Morgan fingerprint density at radius 2 is 1.88 bits per heavy atom. The first-order valence-corrected chi connectivity index (χ1v) is 10.4. The van der Waals surface area contributed by atoms with E-state index in [4.69, 9.17) is 18.7 Å². The average Bonchev–Trinajstić information content (AvgIpc) is 3.32. The third-order valence-corrected chi connectivity index (χ3v) is 5.24. The van der Waals surface area contributed by atoms with Gasteiger partial charge in [-0.3, -0.25) is 9.69 Å². The number of rotatable bonds is 8. The first kappa shape index (κ1) is 21.8. The van der Waals surface area contributed by atoms with Crippen LogP contribution in [-0.4, -0.2) is 61.5 Å². The molecule has 0 unspecified atom stereocenters. The minimum Gasteiger partial charge on any atom is -0.497 e. The summed E-state index contributed by atoms with van der Waals surface area (Å²) in [5.41, 5.74) is 2.41. The molecule has 168 valence electrons. The van der Waals surface area contributed by atoms with Gasteiger partial charge in [-0.05, 0) is 29.8 Å². The maximum atomic E-state index is 12.5. The Morgan fingerprint density at radius 3 is 2.59 bits per heavy atom. The Balaban J connectivity index is 1.34. The smallest absolute Gasteiger partial charge is 0.251 e. The Labute approximate surface area is 186 Å². The largest absolute Gasteiger partial charge is 0.497 e. The fourth-order valence-corrected chi connectivity index (χ4v) is 3.46. The van der Waals surface area contributed by atoms with Crippen LogP contribution in [0.25, 0.3) is 11.4 Å². The van der Waals surface area contributed by atoms with Crippen LogP contribution >= 0.6 is 0 Å². The second kappa shape index (κ2) is 10.3. The van der Waals surface area contributed by atoms with E-state index < -0.39 is 0 Å². The molecule has 0 atom stereocenters. The van der Waals surface area contributed by atoms with Gasteiger partial charge in [0.05, 0.1) is 39.5 Å². The number of morpholine rings is 1. The number of nitrogens with one attached hydrogen (secondary N) is 1. The van der Waals surface area contributed by atoms with E-state index in [1.807, 2.05) is 24.3 Å². The van der Waals surface area contributed by atoms with Crippen LogP contribution in [0, 0.1) is 0 Å². The van der Waals surface area contributed by atoms with E-state index in [2.05, 4.69) is 20.4 Å². The molecule has 1 amide bonds. The van der Waals surface area contributed by atoms with Crippen molar-refractivity contribution in [2.24, 2.45) is 0 Å². The van der Waals surface area contributed by atoms with Crippen molar-refractivity contribution in [3.05, 3.63) is 59.5 Å². The van der Waals surface area contributed by atoms with E-state index in [1.165, 1.54) is 5.56 Å². The van der Waals surface area contributed by atoms with Gasteiger partial charge in [-0.25, -0.2) is 0 Å². The van der Waals surface area contributed by atoms with E-state index in [1.54, 1.807) is 32.4 Å². The molecule has 32 heavy (non-hydrogen) atoms. The van der Waals surface area contributed by atoms with E-state index in [0.29, 0.717) is 34.3 Å². The molecule has 1 N–H and O–H groups in total. The highest BCUT2D eigenvalue weighted by molar-refractivity contribution is 5.94. The number of benzene rings is 2. The standard InChI is InChI=1S/C23H26N4O5/c1-29-18-7-8-19(20(13-18)30-2)22-25-21(32-26-22)14-24-23(28)17-5-3-16(4-6-17)15-27-9-11-31-12-10-27/h3-8,13H,9-12,14-15H2,1-2H3,(H,24,28). The van der Waals surface area contributed by atoms with Gasteiger partial charge in [-0.2, -0.15) is 4.98 Å². The predicted molar refractivity (Wildman–Crippen MR) is 117 cm³/mol. The van der Waals surface area contributed by atoms with E-state index in [-0.39, 0.29) is 12.5 Å². The molecule has 1 aliphatic heterocycles. The van der Waals surface area contributed by atoms with Crippen LogP contribution in [0.5, 0.6) is 11.5 Å². The fourth-order valence-electron chi connectivity index (χ4n) is 3.46. The van der Waals surface area contributed by atoms with Crippen molar-refractivity contribution >= 4 is 5.91 Å². The zero-order chi connectivity index (χ0) is 22.3. The Kier molecular flexibility index (Phi) is 6.98. The minimum atomic E-state index is -0.204. The topological polar surface area (TPSA) is 99.0 Å². The van der Waals surface area contributed by atoms with E-state index in [0.717, 1.165) is 32.8 Å². The molecular weight excluding hydrogens is 412 g/mol. The van der Waals surface area contributed by atoms with Gasteiger partial charge in [0, 0.05) is 31.3 Å². The van der Waals surface area contributed by atoms with Crippen molar-refractivity contribution in [2.75, 3.05) is 40.5 Å². The lowest BCUT2D eigenvalue weighted by molar-refractivity contribution is 0.0342. The highest BCUT2D eigenvalue weighted by atomic mass is 16.5. The zero-order valence-electron chi connectivity index (χ0n) is 18.2. The van der Waals surface area contributed by atoms with Crippen LogP contribution in [0.15, 0.2) is 47.0 Å². The molecule has 0 spiro atoms. The van der Waals surface area contributed by atoms with Crippen LogP contribution in [0.1, 0.15) is 21.8 Å². The highest BCUT2D eigenvalue weighted by Gasteiger charge is 2.16. The second-order valence-corrected chi connectivity index (χ2v) is 7.35. The Morgan fingerprint density at radius 1 is 1.09 bits per heavy atom. The number of hydrogen-bond donors (Lipinski definition) is 1. The van der Waals surface area contributed by atoms with Gasteiger partial charge >= 0.3 is 0 Å². The second-order valence-electron chi connectivity index (χ2n) is 7.35. The van der Waals surface area contributed by atoms with Crippen molar-refractivity contribution in [3.63, 3.8) is 0 Å². The van der Waals surface area contributed by atoms with E-state index in [9.17, 15) is 4.79 Å². The molecule has 9 heteroatoms. The molecule has 3 aromatic rings. The van der Waals surface area contributed by atoms with Gasteiger partial charge in [0.1, 0.15) is 11.5 Å². The van der Waals surface area contributed by atoms with Crippen molar-refractivity contribution in [3.8, 4) is 22.9 Å². The molecule has 1 fully saturated rings. The summed E-state index contributed by atoms with van der Waals surface area (Å²) in [5, 5.41) is 6.81. The number of ether oxygens (including phenoxy) is 3. The SMILES string of the molecule is COc1ccc(-c2noc(CNC(=O)c3ccc(CN4CCOCC4)cc3)n2)c(OC)c1. The average molecular weight is 438 g/mol. The van der Waals surface area contributed by atoms with Crippen molar-refractivity contribution in [1.29, 1.82) is 0 Å². The molecular formula is C23H26N4O5. The number of aromatic nitrogens is 2. The lowest BCUT2D eigenvalue weighted by atomic mass is 10.1. The summed E-state index contributed by atoms with van der Waals surface area (Å²) in [5.74, 6) is 1.71. The molecule has 0 radical (unpaired) electrons. The van der Waals surface area contributed by atoms with Crippen LogP contribution in [-0.2, 0) is 17.8 Å². The number of amides is 1. The number of hydrogen-bond acceptors (Lipinski definition) is 8. The third-order valence-electron chi connectivity index (χ3n) is 5.24. The Hall–Kier alpha value is -3.43. The van der Waals surface area contributed by atoms with Crippen LogP contribution in [0.2, 0.25) is 0 Å². The predicted octanol–water partition coefficient (Wildman–Crippen LogP) is 2.52. The summed E-state index contributed by atoms with van der Waals surface area (Å²) >= 11 is 0. The number of methoxy groups -OCH3 is 2. The molecule has 1 aromatic heterocycles. The lowest BCUT2D eigenvalue weighted by Gasteiger charge is -2.26. The Bertz CT molecular complexity index is 1040. The summed E-state index contributed by atoms with van der Waals surface area (Å²) in [6.07, 6.45) is 0. The third kappa shape index (κ3) is 5.24. The summed E-state index contributed by atoms with van der Waals surface area (Å²) < 4.78 is 21.3. The van der Waals surface area contributed by atoms with Gasteiger partial charge in [0.2, 0.25) is 11.7 Å². The van der Waals surface area contributed by atoms with Gasteiger partial charge in [-0.15, -0.1) is 0 Å². The maximum absolute atomic E-state index is 12.5. The highest BCUT2D eigenvalue weighted by Crippen LogP contribution is 2.31. The summed E-state index contributed by atoms with van der Waals surface area (Å²) in [4.78, 5) is 19.2. The maximum Gasteiger partial charge on any atom is 0.251 e. The summed E-state index contributed by atoms with van der Waals surface area (Å²) in [6, 6.07) is 12.9. The monoisotopic (exact) mass is 438 g/mol. The molecule has 2 heterocycles. The summed E-state index contributed by atoms with van der Waals surface area (Å²) in [6.45, 7) is 4.37. The molecule has 1 aliphatic rings. The first-order valence-electron chi connectivity index (χ1n) is 10.4. The van der Waals surface area contributed by atoms with Crippen LogP contribution in [0.3, 0.4) is 0 Å². The van der Waals surface area contributed by atoms with E-state index >= 15 is 0 Å². The van der Waals surface area contributed by atoms with Crippen LogP contribution < -0.4 is 14.8 Å². The zero-order valence-corrected chi connectivity index (χ0v) is 18.2. The fraction of sp³-hybridized carbons (Fsp3) is 0.348. The normalized spacial score (nSPS) is 14.2. The minimum absolute atomic E-state index is 0.125. The lowest BCUT2D eigenvalue weighted by Crippen LogP contribution is -2.35. The molecule has 0 bridgehead atoms. The van der Waals surface area contributed by atoms with Gasteiger partial charge in [0.15, 0.2) is 0 Å².